The van der Waals surface area contributed by atoms with Crippen molar-refractivity contribution in [3.8, 4) is 17.2 Å². The van der Waals surface area contributed by atoms with Crippen molar-refractivity contribution in [1.29, 1.82) is 0 Å². The van der Waals surface area contributed by atoms with Gasteiger partial charge in [0.15, 0.2) is 11.5 Å². The molecule has 0 saturated heterocycles. The van der Waals surface area contributed by atoms with Gasteiger partial charge in [-0.3, -0.25) is 0 Å². The van der Waals surface area contributed by atoms with Crippen molar-refractivity contribution in [1.82, 2.24) is 0 Å². The minimum atomic E-state index is 0.545. The monoisotopic (exact) mass is 268 g/mol. The first-order valence-corrected chi connectivity index (χ1v) is 6.89. The summed E-state index contributed by atoms with van der Waals surface area (Å²) < 4.78 is 22.3. The van der Waals surface area contributed by atoms with E-state index in [-0.39, 0.29) is 0 Å². The molecule has 0 saturated carbocycles. The maximum absolute atomic E-state index is 5.64. The summed E-state index contributed by atoms with van der Waals surface area (Å²) in [5.74, 6) is 2.10. The van der Waals surface area contributed by atoms with Crippen LogP contribution < -0.4 is 14.2 Å². The van der Waals surface area contributed by atoms with Gasteiger partial charge < -0.3 is 18.9 Å². The van der Waals surface area contributed by atoms with Crippen molar-refractivity contribution in [3.63, 3.8) is 0 Å². The molecular formula is C15H24O4. The zero-order chi connectivity index (χ0) is 14.1. The maximum atomic E-state index is 5.64. The van der Waals surface area contributed by atoms with E-state index in [9.17, 15) is 0 Å². The second kappa shape index (κ2) is 8.64. The summed E-state index contributed by atoms with van der Waals surface area (Å²) in [5, 5.41) is 0. The molecule has 0 fully saturated rings. The lowest BCUT2D eigenvalue weighted by Gasteiger charge is -2.17. The standard InChI is InChI=1S/C15H24O4/c1-5-16-11-12-9-13(17-6-2)15(19-8-4)14(10-12)18-7-3/h9-10H,5-8,11H2,1-4H3. The van der Waals surface area contributed by atoms with Crippen LogP contribution in [0.2, 0.25) is 0 Å². The van der Waals surface area contributed by atoms with Crippen LogP contribution in [0.4, 0.5) is 0 Å². The van der Waals surface area contributed by atoms with Gasteiger partial charge in [0, 0.05) is 6.61 Å². The van der Waals surface area contributed by atoms with E-state index in [0.29, 0.717) is 50.3 Å². The Morgan fingerprint density at radius 3 is 1.68 bits per heavy atom. The molecule has 1 aromatic rings. The Hall–Kier alpha value is -1.42. The van der Waals surface area contributed by atoms with Crippen molar-refractivity contribution in [2.75, 3.05) is 26.4 Å². The molecule has 19 heavy (non-hydrogen) atoms. The minimum absolute atomic E-state index is 0.545. The van der Waals surface area contributed by atoms with Crippen molar-refractivity contribution in [3.05, 3.63) is 17.7 Å². The first-order valence-electron chi connectivity index (χ1n) is 6.89. The molecule has 0 heterocycles. The van der Waals surface area contributed by atoms with Crippen LogP contribution in [-0.4, -0.2) is 26.4 Å². The summed E-state index contributed by atoms with van der Waals surface area (Å²) in [6.07, 6.45) is 0. The Morgan fingerprint density at radius 2 is 1.26 bits per heavy atom. The molecule has 4 heteroatoms. The molecule has 0 bridgehead atoms. The SMILES string of the molecule is CCOCc1cc(OCC)c(OCC)c(OCC)c1. The molecule has 0 unspecified atom stereocenters. The van der Waals surface area contributed by atoms with Gasteiger partial charge in [0.1, 0.15) is 0 Å². The van der Waals surface area contributed by atoms with Crippen LogP contribution in [0.15, 0.2) is 12.1 Å². The molecule has 0 spiro atoms. The summed E-state index contributed by atoms with van der Waals surface area (Å²) >= 11 is 0. The predicted octanol–water partition coefficient (Wildman–Crippen LogP) is 3.42. The highest BCUT2D eigenvalue weighted by Crippen LogP contribution is 2.39. The fourth-order valence-corrected chi connectivity index (χ4v) is 1.75. The van der Waals surface area contributed by atoms with E-state index >= 15 is 0 Å². The maximum Gasteiger partial charge on any atom is 0.203 e. The second-order valence-corrected chi connectivity index (χ2v) is 3.86. The lowest BCUT2D eigenvalue weighted by atomic mass is 10.2. The van der Waals surface area contributed by atoms with E-state index in [1.165, 1.54) is 0 Å². The highest BCUT2D eigenvalue weighted by molar-refractivity contribution is 5.53. The van der Waals surface area contributed by atoms with Crippen molar-refractivity contribution >= 4 is 0 Å². The van der Waals surface area contributed by atoms with Crippen LogP contribution in [0, 0.1) is 0 Å². The molecule has 0 aliphatic heterocycles. The van der Waals surface area contributed by atoms with Gasteiger partial charge in [-0.1, -0.05) is 0 Å². The zero-order valence-corrected chi connectivity index (χ0v) is 12.3. The van der Waals surface area contributed by atoms with Gasteiger partial charge in [-0.15, -0.1) is 0 Å². The van der Waals surface area contributed by atoms with Gasteiger partial charge in [0.2, 0.25) is 5.75 Å². The van der Waals surface area contributed by atoms with Crippen LogP contribution in [-0.2, 0) is 11.3 Å². The lowest BCUT2D eigenvalue weighted by molar-refractivity contribution is 0.133. The molecule has 0 radical (unpaired) electrons. The molecule has 1 rings (SSSR count). The third-order valence-electron chi connectivity index (χ3n) is 2.44. The van der Waals surface area contributed by atoms with Gasteiger partial charge in [0.25, 0.3) is 0 Å². The summed E-state index contributed by atoms with van der Waals surface area (Å²) in [7, 11) is 0. The normalized spacial score (nSPS) is 10.3. The molecule has 1 aromatic carbocycles. The van der Waals surface area contributed by atoms with Gasteiger partial charge in [-0.05, 0) is 45.4 Å². The smallest absolute Gasteiger partial charge is 0.203 e. The van der Waals surface area contributed by atoms with Crippen LogP contribution in [0.5, 0.6) is 17.2 Å². The van der Waals surface area contributed by atoms with Gasteiger partial charge in [-0.2, -0.15) is 0 Å². The summed E-state index contributed by atoms with van der Waals surface area (Å²) in [4.78, 5) is 0. The molecular weight excluding hydrogens is 244 g/mol. The number of ether oxygens (including phenoxy) is 4. The van der Waals surface area contributed by atoms with E-state index in [1.54, 1.807) is 0 Å². The molecule has 0 aliphatic rings. The largest absolute Gasteiger partial charge is 0.490 e. The Labute approximate surface area is 115 Å². The Balaban J connectivity index is 3.09. The highest BCUT2D eigenvalue weighted by atomic mass is 16.5. The Morgan fingerprint density at radius 1 is 0.737 bits per heavy atom. The third-order valence-corrected chi connectivity index (χ3v) is 2.44. The summed E-state index contributed by atoms with van der Waals surface area (Å²) in [6.45, 7) is 10.8. The quantitative estimate of drug-likeness (QED) is 0.687. The molecule has 4 nitrogen and oxygen atoms in total. The van der Waals surface area contributed by atoms with E-state index in [0.717, 1.165) is 5.56 Å². The van der Waals surface area contributed by atoms with Crippen LogP contribution >= 0.6 is 0 Å². The van der Waals surface area contributed by atoms with Gasteiger partial charge >= 0.3 is 0 Å². The Kier molecular flexibility index (Phi) is 7.11. The summed E-state index contributed by atoms with van der Waals surface area (Å²) in [6, 6.07) is 3.90. The molecule has 0 N–H and O–H groups in total. The highest BCUT2D eigenvalue weighted by Gasteiger charge is 2.14. The zero-order valence-electron chi connectivity index (χ0n) is 12.3. The average molecular weight is 268 g/mol. The van der Waals surface area contributed by atoms with Gasteiger partial charge in [-0.25, -0.2) is 0 Å². The first-order chi connectivity index (χ1) is 9.26. The molecule has 0 aliphatic carbocycles. The molecule has 108 valence electrons. The lowest BCUT2D eigenvalue weighted by Crippen LogP contribution is -2.04. The van der Waals surface area contributed by atoms with E-state index in [4.69, 9.17) is 18.9 Å². The van der Waals surface area contributed by atoms with Crippen LogP contribution in [0.25, 0.3) is 0 Å². The first kappa shape index (κ1) is 15.6. The predicted molar refractivity (Wildman–Crippen MR) is 75.3 cm³/mol. The van der Waals surface area contributed by atoms with Crippen molar-refractivity contribution in [2.24, 2.45) is 0 Å². The third kappa shape index (κ3) is 4.63. The van der Waals surface area contributed by atoms with Gasteiger partial charge in [0.05, 0.1) is 26.4 Å². The molecule has 0 atom stereocenters. The number of hydrogen-bond donors (Lipinski definition) is 0. The second-order valence-electron chi connectivity index (χ2n) is 3.86. The fraction of sp³-hybridized carbons (Fsp3) is 0.600. The summed E-state index contributed by atoms with van der Waals surface area (Å²) in [5.41, 5.74) is 1.03. The van der Waals surface area contributed by atoms with Crippen molar-refractivity contribution in [2.45, 2.75) is 34.3 Å². The number of rotatable bonds is 9. The van der Waals surface area contributed by atoms with E-state index in [2.05, 4.69) is 0 Å². The van der Waals surface area contributed by atoms with E-state index in [1.807, 2.05) is 39.8 Å². The number of benzene rings is 1. The fourth-order valence-electron chi connectivity index (χ4n) is 1.75. The number of hydrogen-bond acceptors (Lipinski definition) is 4. The molecule has 0 amide bonds. The van der Waals surface area contributed by atoms with E-state index < -0.39 is 0 Å². The minimum Gasteiger partial charge on any atom is -0.490 e. The van der Waals surface area contributed by atoms with Crippen LogP contribution in [0.3, 0.4) is 0 Å². The average Bonchev–Trinajstić information content (AvgIpc) is 2.40. The molecule has 0 aromatic heterocycles. The topological polar surface area (TPSA) is 36.9 Å². The van der Waals surface area contributed by atoms with Crippen molar-refractivity contribution < 1.29 is 18.9 Å². The van der Waals surface area contributed by atoms with Crippen LogP contribution in [0.1, 0.15) is 33.3 Å². The Bertz CT molecular complexity index is 349.